The molecule has 0 radical (unpaired) electrons. The third-order valence-corrected chi connectivity index (χ3v) is 2.31. The van der Waals surface area contributed by atoms with Gasteiger partial charge in [0.15, 0.2) is 0 Å². The molecule has 0 saturated carbocycles. The molecule has 4 nitrogen and oxygen atoms in total. The number of carbonyl (C=O) groups excluding carboxylic acids is 1. The Morgan fingerprint density at radius 2 is 2.00 bits per heavy atom. The van der Waals surface area contributed by atoms with Crippen molar-refractivity contribution in [2.75, 3.05) is 13.7 Å². The molecule has 0 aromatic heterocycles. The van der Waals surface area contributed by atoms with Crippen LogP contribution in [0.25, 0.3) is 0 Å². The molecular weight excluding hydrogens is 230 g/mol. The highest BCUT2D eigenvalue weighted by atomic mass is 16.7. The number of aliphatic hydroxyl groups excluding tert-OH is 1. The van der Waals surface area contributed by atoms with Gasteiger partial charge in [0, 0.05) is 12.6 Å². The highest BCUT2D eigenvalue weighted by Gasteiger charge is 2.15. The number of hydroxylamine groups is 1. The quantitative estimate of drug-likeness (QED) is 0.636. The SMILES string of the molecule is CNOC(C)(C)CO.Cc1ccc(C=O)c(C)c1. The van der Waals surface area contributed by atoms with Gasteiger partial charge in [0.05, 0.1) is 6.61 Å². The summed E-state index contributed by atoms with van der Waals surface area (Å²) in [6, 6.07) is 5.79. The minimum absolute atomic E-state index is 0.0217. The van der Waals surface area contributed by atoms with Crippen molar-refractivity contribution in [2.24, 2.45) is 0 Å². The van der Waals surface area contributed by atoms with E-state index in [4.69, 9.17) is 9.94 Å². The van der Waals surface area contributed by atoms with Gasteiger partial charge in [-0.1, -0.05) is 23.8 Å². The molecule has 102 valence electrons. The lowest BCUT2D eigenvalue weighted by Gasteiger charge is -2.20. The summed E-state index contributed by atoms with van der Waals surface area (Å²) in [6.07, 6.45) is 0.884. The van der Waals surface area contributed by atoms with Crippen LogP contribution in [0.2, 0.25) is 0 Å². The van der Waals surface area contributed by atoms with E-state index in [0.717, 1.165) is 17.4 Å². The summed E-state index contributed by atoms with van der Waals surface area (Å²) >= 11 is 0. The molecule has 0 bridgehead atoms. The molecule has 0 heterocycles. The Hall–Kier alpha value is -1.23. The number of hydrogen-bond donors (Lipinski definition) is 2. The van der Waals surface area contributed by atoms with Crippen molar-refractivity contribution in [1.29, 1.82) is 0 Å². The van der Waals surface area contributed by atoms with Crippen molar-refractivity contribution >= 4 is 6.29 Å². The van der Waals surface area contributed by atoms with Gasteiger partial charge in [-0.3, -0.25) is 9.63 Å². The fraction of sp³-hybridized carbons (Fsp3) is 0.500. The van der Waals surface area contributed by atoms with Crippen LogP contribution in [0, 0.1) is 13.8 Å². The number of aryl methyl sites for hydroxylation is 2. The predicted molar refractivity (Wildman–Crippen MR) is 72.6 cm³/mol. The van der Waals surface area contributed by atoms with E-state index in [1.807, 2.05) is 32.0 Å². The maximum absolute atomic E-state index is 10.3. The van der Waals surface area contributed by atoms with Crippen LogP contribution in [0.1, 0.15) is 35.3 Å². The smallest absolute Gasteiger partial charge is 0.150 e. The van der Waals surface area contributed by atoms with Gasteiger partial charge in [-0.15, -0.1) is 0 Å². The lowest BCUT2D eigenvalue weighted by Crippen LogP contribution is -2.33. The largest absolute Gasteiger partial charge is 0.393 e. The maximum Gasteiger partial charge on any atom is 0.150 e. The van der Waals surface area contributed by atoms with E-state index in [1.165, 1.54) is 5.56 Å². The molecule has 0 atom stereocenters. The Labute approximate surface area is 109 Å². The van der Waals surface area contributed by atoms with Gasteiger partial charge in [-0.25, -0.2) is 5.48 Å². The zero-order valence-corrected chi connectivity index (χ0v) is 11.8. The summed E-state index contributed by atoms with van der Waals surface area (Å²) in [5.74, 6) is 0. The lowest BCUT2D eigenvalue weighted by molar-refractivity contribution is -0.100. The highest BCUT2D eigenvalue weighted by Crippen LogP contribution is 2.07. The van der Waals surface area contributed by atoms with Gasteiger partial charge in [0.2, 0.25) is 0 Å². The van der Waals surface area contributed by atoms with Gasteiger partial charge in [-0.05, 0) is 33.3 Å². The summed E-state index contributed by atoms with van der Waals surface area (Å²) in [5.41, 5.74) is 5.07. The average Bonchev–Trinajstić information content (AvgIpc) is 2.30. The standard InChI is InChI=1S/C9H10O.C5H13NO2/c1-7-3-4-9(6-10)8(2)5-7;1-5(2,4-7)8-6-3/h3-6H,1-2H3;6-7H,4H2,1-3H3. The number of carbonyl (C=O) groups is 1. The van der Waals surface area contributed by atoms with Gasteiger partial charge in [0.25, 0.3) is 0 Å². The van der Waals surface area contributed by atoms with E-state index in [2.05, 4.69) is 5.48 Å². The monoisotopic (exact) mass is 253 g/mol. The van der Waals surface area contributed by atoms with Crippen molar-refractivity contribution in [2.45, 2.75) is 33.3 Å². The molecule has 18 heavy (non-hydrogen) atoms. The van der Waals surface area contributed by atoms with Crippen LogP contribution in [0.15, 0.2) is 18.2 Å². The van der Waals surface area contributed by atoms with E-state index < -0.39 is 5.60 Å². The normalized spacial score (nSPS) is 10.6. The zero-order valence-electron chi connectivity index (χ0n) is 11.8. The second-order valence-electron chi connectivity index (χ2n) is 4.70. The average molecular weight is 253 g/mol. The summed E-state index contributed by atoms with van der Waals surface area (Å²) in [4.78, 5) is 15.2. The molecule has 0 aliphatic heterocycles. The fourth-order valence-electron chi connectivity index (χ4n) is 1.27. The fourth-order valence-corrected chi connectivity index (χ4v) is 1.27. The topological polar surface area (TPSA) is 58.6 Å². The van der Waals surface area contributed by atoms with Crippen molar-refractivity contribution in [3.05, 3.63) is 34.9 Å². The molecule has 0 saturated heterocycles. The molecule has 0 fully saturated rings. The van der Waals surface area contributed by atoms with E-state index in [1.54, 1.807) is 20.9 Å². The van der Waals surface area contributed by atoms with E-state index in [-0.39, 0.29) is 6.61 Å². The minimum atomic E-state index is -0.464. The molecular formula is C14H23NO3. The molecule has 4 heteroatoms. The zero-order chi connectivity index (χ0) is 14.2. The maximum atomic E-state index is 10.3. The summed E-state index contributed by atoms with van der Waals surface area (Å²) < 4.78 is 0. The first kappa shape index (κ1) is 16.8. The van der Waals surface area contributed by atoms with Crippen LogP contribution in [-0.2, 0) is 4.84 Å². The van der Waals surface area contributed by atoms with Crippen LogP contribution in [0.3, 0.4) is 0 Å². The van der Waals surface area contributed by atoms with Crippen molar-refractivity contribution < 1.29 is 14.7 Å². The third kappa shape index (κ3) is 6.49. The first-order chi connectivity index (χ1) is 8.36. The highest BCUT2D eigenvalue weighted by molar-refractivity contribution is 5.77. The predicted octanol–water partition coefficient (Wildman–Crippen LogP) is 2.02. The van der Waals surface area contributed by atoms with Crippen LogP contribution in [0.4, 0.5) is 0 Å². The first-order valence-corrected chi connectivity index (χ1v) is 5.84. The third-order valence-electron chi connectivity index (χ3n) is 2.31. The molecule has 0 aliphatic carbocycles. The van der Waals surface area contributed by atoms with E-state index >= 15 is 0 Å². The lowest BCUT2D eigenvalue weighted by atomic mass is 10.1. The van der Waals surface area contributed by atoms with Crippen LogP contribution >= 0.6 is 0 Å². The summed E-state index contributed by atoms with van der Waals surface area (Å²) in [5, 5.41) is 8.56. The summed E-state index contributed by atoms with van der Waals surface area (Å²) in [6.45, 7) is 7.57. The second kappa shape index (κ2) is 7.97. The molecule has 0 amide bonds. The molecule has 2 N–H and O–H groups in total. The van der Waals surface area contributed by atoms with E-state index in [0.29, 0.717) is 0 Å². The van der Waals surface area contributed by atoms with Crippen LogP contribution < -0.4 is 5.48 Å². The number of rotatable bonds is 4. The molecule has 1 aromatic carbocycles. The Morgan fingerprint density at radius 3 is 2.33 bits per heavy atom. The first-order valence-electron chi connectivity index (χ1n) is 5.84. The van der Waals surface area contributed by atoms with Crippen LogP contribution in [-0.4, -0.2) is 30.6 Å². The van der Waals surface area contributed by atoms with Gasteiger partial charge in [0.1, 0.15) is 11.9 Å². The van der Waals surface area contributed by atoms with Crippen molar-refractivity contribution in [3.8, 4) is 0 Å². The van der Waals surface area contributed by atoms with Crippen molar-refractivity contribution in [1.82, 2.24) is 5.48 Å². The van der Waals surface area contributed by atoms with Crippen LogP contribution in [0.5, 0.6) is 0 Å². The molecule has 1 rings (SSSR count). The Bertz CT molecular complexity index is 375. The Morgan fingerprint density at radius 1 is 1.39 bits per heavy atom. The number of benzene rings is 1. The van der Waals surface area contributed by atoms with Crippen molar-refractivity contribution in [3.63, 3.8) is 0 Å². The Kier molecular flexibility index (Phi) is 7.43. The number of hydrogen-bond acceptors (Lipinski definition) is 4. The number of aliphatic hydroxyl groups is 1. The minimum Gasteiger partial charge on any atom is -0.393 e. The van der Waals surface area contributed by atoms with Gasteiger partial charge in [-0.2, -0.15) is 0 Å². The second-order valence-corrected chi connectivity index (χ2v) is 4.70. The molecule has 0 aliphatic rings. The molecule has 0 unspecified atom stereocenters. The number of nitrogens with one attached hydrogen (secondary N) is 1. The van der Waals surface area contributed by atoms with Gasteiger partial charge >= 0.3 is 0 Å². The Balaban J connectivity index is 0.000000331. The van der Waals surface area contributed by atoms with Gasteiger partial charge < -0.3 is 5.11 Å². The summed E-state index contributed by atoms with van der Waals surface area (Å²) in [7, 11) is 1.66. The molecule has 1 aromatic rings. The number of aldehydes is 1. The van der Waals surface area contributed by atoms with E-state index in [9.17, 15) is 4.79 Å². The molecule has 0 spiro atoms.